The van der Waals surface area contributed by atoms with Crippen LogP contribution in [0, 0.1) is 0 Å². The van der Waals surface area contributed by atoms with Gasteiger partial charge in [0.05, 0.1) is 11.3 Å². The number of rotatable bonds is 6. The molecule has 0 unspecified atom stereocenters. The molecule has 0 saturated heterocycles. The summed E-state index contributed by atoms with van der Waals surface area (Å²) >= 11 is 7.53. The summed E-state index contributed by atoms with van der Waals surface area (Å²) in [6, 6.07) is 14.3. The Morgan fingerprint density at radius 3 is 2.60 bits per heavy atom. The minimum absolute atomic E-state index is 0.0262. The molecule has 132 valence electrons. The van der Waals surface area contributed by atoms with Gasteiger partial charge < -0.3 is 5.32 Å². The molecule has 0 heterocycles. The highest BCUT2D eigenvalue weighted by molar-refractivity contribution is 8.00. The molecule has 2 atom stereocenters. The smallest absolute Gasteiger partial charge is 0.233 e. The van der Waals surface area contributed by atoms with Crippen LogP contribution >= 0.6 is 23.4 Å². The van der Waals surface area contributed by atoms with Crippen molar-refractivity contribution in [2.24, 2.45) is 0 Å². The minimum atomic E-state index is -0.0990. The van der Waals surface area contributed by atoms with Gasteiger partial charge in [-0.2, -0.15) is 0 Å². The van der Waals surface area contributed by atoms with Crippen LogP contribution < -0.4 is 5.32 Å². The molecule has 2 aromatic rings. The van der Waals surface area contributed by atoms with Gasteiger partial charge in [0.25, 0.3) is 0 Å². The largest absolute Gasteiger partial charge is 0.349 e. The Balaban J connectivity index is 1.63. The Morgan fingerprint density at radius 1 is 1.16 bits per heavy atom. The summed E-state index contributed by atoms with van der Waals surface area (Å²) in [5.41, 5.74) is 4.11. The molecule has 1 N–H and O–H groups in total. The van der Waals surface area contributed by atoms with Crippen LogP contribution in [0.2, 0.25) is 5.02 Å². The quantitative estimate of drug-likeness (QED) is 0.670. The maximum atomic E-state index is 12.7. The van der Waals surface area contributed by atoms with Crippen LogP contribution in [-0.2, 0) is 17.6 Å². The third-order valence-corrected chi connectivity index (χ3v) is 6.36. The zero-order valence-corrected chi connectivity index (χ0v) is 16.3. The van der Waals surface area contributed by atoms with Gasteiger partial charge in [0.15, 0.2) is 0 Å². The molecule has 3 rings (SSSR count). The fourth-order valence-electron chi connectivity index (χ4n) is 3.25. The Labute approximate surface area is 159 Å². The van der Waals surface area contributed by atoms with Crippen molar-refractivity contribution in [3.05, 3.63) is 64.2 Å². The van der Waals surface area contributed by atoms with E-state index in [1.807, 2.05) is 31.2 Å². The van der Waals surface area contributed by atoms with E-state index in [1.165, 1.54) is 29.5 Å². The van der Waals surface area contributed by atoms with Gasteiger partial charge in [-0.3, -0.25) is 4.79 Å². The molecule has 0 bridgehead atoms. The number of amides is 1. The van der Waals surface area contributed by atoms with E-state index in [0.29, 0.717) is 5.02 Å². The van der Waals surface area contributed by atoms with Crippen LogP contribution in [0.5, 0.6) is 0 Å². The normalized spacial score (nSPS) is 15.5. The summed E-state index contributed by atoms with van der Waals surface area (Å²) in [5.74, 6) is 0.0930. The molecule has 2 aromatic carbocycles. The lowest BCUT2D eigenvalue weighted by Gasteiger charge is -2.20. The van der Waals surface area contributed by atoms with Crippen molar-refractivity contribution >= 4 is 29.3 Å². The van der Waals surface area contributed by atoms with Crippen molar-refractivity contribution in [2.75, 3.05) is 0 Å². The van der Waals surface area contributed by atoms with Gasteiger partial charge >= 0.3 is 0 Å². The first-order valence-electron chi connectivity index (χ1n) is 8.91. The lowest BCUT2D eigenvalue weighted by atomic mass is 10.0. The van der Waals surface area contributed by atoms with E-state index in [2.05, 4.69) is 30.4 Å². The topological polar surface area (TPSA) is 29.1 Å². The van der Waals surface area contributed by atoms with Crippen molar-refractivity contribution in [3.63, 3.8) is 0 Å². The molecule has 0 aromatic heterocycles. The maximum Gasteiger partial charge on any atom is 0.233 e. The average molecular weight is 374 g/mol. The van der Waals surface area contributed by atoms with Crippen LogP contribution in [0.15, 0.2) is 47.4 Å². The molecule has 4 heteroatoms. The van der Waals surface area contributed by atoms with Gasteiger partial charge in [-0.1, -0.05) is 36.7 Å². The Bertz CT molecular complexity index is 744. The number of fused-ring (bicyclic) bond motifs is 1. The van der Waals surface area contributed by atoms with Gasteiger partial charge in [0, 0.05) is 9.92 Å². The van der Waals surface area contributed by atoms with E-state index in [1.54, 1.807) is 11.8 Å². The number of thioether (sulfide) groups is 1. The molecular weight excluding hydrogens is 350 g/mol. The van der Waals surface area contributed by atoms with Gasteiger partial charge in [0.2, 0.25) is 5.91 Å². The predicted octanol–water partition coefficient (Wildman–Crippen LogP) is 5.58. The third-order valence-electron chi connectivity index (χ3n) is 4.74. The molecule has 0 spiro atoms. The molecule has 1 aliphatic carbocycles. The van der Waals surface area contributed by atoms with E-state index >= 15 is 0 Å². The third kappa shape index (κ3) is 4.59. The summed E-state index contributed by atoms with van der Waals surface area (Å²) in [4.78, 5) is 13.8. The monoisotopic (exact) mass is 373 g/mol. The lowest BCUT2D eigenvalue weighted by Crippen LogP contribution is -2.34. The predicted molar refractivity (Wildman–Crippen MR) is 106 cm³/mol. The van der Waals surface area contributed by atoms with Gasteiger partial charge in [-0.25, -0.2) is 0 Å². The zero-order chi connectivity index (χ0) is 17.8. The van der Waals surface area contributed by atoms with Crippen LogP contribution in [0.25, 0.3) is 0 Å². The molecule has 0 aliphatic heterocycles. The zero-order valence-electron chi connectivity index (χ0n) is 14.7. The summed E-state index contributed by atoms with van der Waals surface area (Å²) in [6.07, 6.45) is 4.38. The molecule has 25 heavy (non-hydrogen) atoms. The fourth-order valence-corrected chi connectivity index (χ4v) is 4.34. The summed E-state index contributed by atoms with van der Waals surface area (Å²) in [7, 11) is 0. The standard InChI is InChI=1S/C21H24ClNOS/c1-3-20(25-19-11-9-18(22)10-12-19)21(24)23-14(2)16-8-7-15-5-4-6-17(15)13-16/h7-14,20H,3-6H2,1-2H3,(H,23,24)/t14-,20-/m0/s1. The molecule has 0 fully saturated rings. The Kier molecular flexibility index (Phi) is 6.08. The van der Waals surface area contributed by atoms with Crippen molar-refractivity contribution < 1.29 is 4.79 Å². The number of halogens is 1. The van der Waals surface area contributed by atoms with E-state index < -0.39 is 0 Å². The van der Waals surface area contributed by atoms with E-state index in [0.717, 1.165) is 17.7 Å². The summed E-state index contributed by atoms with van der Waals surface area (Å²) in [6.45, 7) is 4.11. The second-order valence-electron chi connectivity index (χ2n) is 6.58. The van der Waals surface area contributed by atoms with E-state index in [-0.39, 0.29) is 17.2 Å². The first kappa shape index (κ1) is 18.3. The second-order valence-corrected chi connectivity index (χ2v) is 8.29. The van der Waals surface area contributed by atoms with Crippen molar-refractivity contribution in [3.8, 4) is 0 Å². The number of aryl methyl sites for hydroxylation is 2. The summed E-state index contributed by atoms with van der Waals surface area (Å²) in [5, 5.41) is 3.80. The molecule has 1 aliphatic rings. The van der Waals surface area contributed by atoms with Crippen LogP contribution in [-0.4, -0.2) is 11.2 Å². The van der Waals surface area contributed by atoms with Gasteiger partial charge in [-0.05, 0) is 73.6 Å². The summed E-state index contributed by atoms with van der Waals surface area (Å²) < 4.78 is 0. The number of carbonyl (C=O) groups is 1. The second kappa shape index (κ2) is 8.29. The Morgan fingerprint density at radius 2 is 1.88 bits per heavy atom. The first-order valence-corrected chi connectivity index (χ1v) is 10.2. The minimum Gasteiger partial charge on any atom is -0.349 e. The first-order chi connectivity index (χ1) is 12.1. The lowest BCUT2D eigenvalue weighted by molar-refractivity contribution is -0.121. The SMILES string of the molecule is CC[C@H](Sc1ccc(Cl)cc1)C(=O)N[C@@H](C)c1ccc2c(c1)CCC2. The fraction of sp³-hybridized carbons (Fsp3) is 0.381. The molecule has 0 saturated carbocycles. The van der Waals surface area contributed by atoms with Crippen molar-refractivity contribution in [1.29, 1.82) is 0 Å². The highest BCUT2D eigenvalue weighted by Gasteiger charge is 2.21. The van der Waals surface area contributed by atoms with E-state index in [4.69, 9.17) is 11.6 Å². The molecule has 2 nitrogen and oxygen atoms in total. The molecule has 0 radical (unpaired) electrons. The average Bonchev–Trinajstić information content (AvgIpc) is 3.08. The van der Waals surface area contributed by atoms with E-state index in [9.17, 15) is 4.79 Å². The van der Waals surface area contributed by atoms with Crippen LogP contribution in [0.3, 0.4) is 0 Å². The molecular formula is C21H24ClNOS. The number of hydrogen-bond acceptors (Lipinski definition) is 2. The van der Waals surface area contributed by atoms with Gasteiger partial charge in [0.1, 0.15) is 0 Å². The molecule has 1 amide bonds. The highest BCUT2D eigenvalue weighted by atomic mass is 35.5. The van der Waals surface area contributed by atoms with Crippen molar-refractivity contribution in [1.82, 2.24) is 5.32 Å². The number of carbonyl (C=O) groups excluding carboxylic acids is 1. The van der Waals surface area contributed by atoms with Crippen LogP contribution in [0.4, 0.5) is 0 Å². The van der Waals surface area contributed by atoms with Crippen LogP contribution in [0.1, 0.15) is 49.4 Å². The number of nitrogens with one attached hydrogen (secondary N) is 1. The maximum absolute atomic E-state index is 12.7. The Hall–Kier alpha value is -1.45. The van der Waals surface area contributed by atoms with Crippen molar-refractivity contribution in [2.45, 2.75) is 55.7 Å². The number of hydrogen-bond donors (Lipinski definition) is 1. The highest BCUT2D eigenvalue weighted by Crippen LogP contribution is 2.28. The van der Waals surface area contributed by atoms with Gasteiger partial charge in [-0.15, -0.1) is 11.8 Å². The number of benzene rings is 2.